The summed E-state index contributed by atoms with van der Waals surface area (Å²) in [6, 6.07) is 11.5. The van der Waals surface area contributed by atoms with Gasteiger partial charge in [-0.15, -0.1) is 0 Å². The lowest BCUT2D eigenvalue weighted by molar-refractivity contribution is -0.123. The number of para-hydroxylation sites is 1. The van der Waals surface area contributed by atoms with Crippen LogP contribution in [0.15, 0.2) is 42.5 Å². The number of amides is 2. The smallest absolute Gasteiger partial charge is 0.233 e. The number of carbonyl (C=O) groups excluding carboxylic acids is 2. The molecule has 0 saturated carbocycles. The van der Waals surface area contributed by atoms with Crippen LogP contribution in [0, 0.1) is 12.7 Å². The molecule has 2 heterocycles. The normalized spacial score (nSPS) is 15.3. The summed E-state index contributed by atoms with van der Waals surface area (Å²) in [6.45, 7) is 1.85. The summed E-state index contributed by atoms with van der Waals surface area (Å²) < 4.78 is 20.6. The lowest BCUT2D eigenvalue weighted by atomic mass is 9.89. The van der Waals surface area contributed by atoms with E-state index in [0.717, 1.165) is 16.8 Å². The van der Waals surface area contributed by atoms with Gasteiger partial charge in [-0.1, -0.05) is 24.3 Å². The maximum Gasteiger partial charge on any atom is 0.233 e. The van der Waals surface area contributed by atoms with Crippen molar-refractivity contribution in [3.05, 3.63) is 59.5 Å². The number of nitrogens with one attached hydrogen (secondary N) is 2. The summed E-state index contributed by atoms with van der Waals surface area (Å²) in [7, 11) is 3.32. The van der Waals surface area contributed by atoms with Crippen LogP contribution in [-0.4, -0.2) is 28.7 Å². The SMILES string of the molecule is COc1ccccc1-c1c(C)nn(C)c1NC(=O)C1CC(=O)Nc2cc(F)ccc21. The molecule has 1 aliphatic heterocycles. The summed E-state index contributed by atoms with van der Waals surface area (Å²) in [5.74, 6) is -0.763. The Bertz CT molecular complexity index is 1160. The molecule has 4 rings (SSSR count). The molecule has 1 unspecified atom stereocenters. The molecule has 0 saturated heterocycles. The van der Waals surface area contributed by atoms with Gasteiger partial charge in [0.1, 0.15) is 17.4 Å². The van der Waals surface area contributed by atoms with E-state index in [4.69, 9.17) is 4.74 Å². The van der Waals surface area contributed by atoms with E-state index in [1.165, 1.54) is 18.2 Å². The van der Waals surface area contributed by atoms with Crippen molar-refractivity contribution >= 4 is 23.3 Å². The van der Waals surface area contributed by atoms with Gasteiger partial charge in [0, 0.05) is 24.7 Å². The summed E-state index contributed by atoms with van der Waals surface area (Å²) in [5, 5.41) is 10.0. The molecule has 154 valence electrons. The maximum absolute atomic E-state index is 13.6. The first-order valence-electron chi connectivity index (χ1n) is 9.46. The van der Waals surface area contributed by atoms with Crippen molar-refractivity contribution in [1.82, 2.24) is 9.78 Å². The highest BCUT2D eigenvalue weighted by atomic mass is 19.1. The highest BCUT2D eigenvalue weighted by Gasteiger charge is 2.32. The van der Waals surface area contributed by atoms with Gasteiger partial charge < -0.3 is 15.4 Å². The van der Waals surface area contributed by atoms with E-state index in [9.17, 15) is 14.0 Å². The molecule has 0 aliphatic carbocycles. The monoisotopic (exact) mass is 408 g/mol. The lowest BCUT2D eigenvalue weighted by Gasteiger charge is -2.25. The van der Waals surface area contributed by atoms with Crippen LogP contribution in [0.3, 0.4) is 0 Å². The molecule has 3 aromatic rings. The zero-order valence-electron chi connectivity index (χ0n) is 16.8. The van der Waals surface area contributed by atoms with E-state index in [-0.39, 0.29) is 18.2 Å². The lowest BCUT2D eigenvalue weighted by Crippen LogP contribution is -2.31. The molecule has 7 nitrogen and oxygen atoms in total. The van der Waals surface area contributed by atoms with Crippen LogP contribution in [0.1, 0.15) is 23.6 Å². The molecule has 8 heteroatoms. The van der Waals surface area contributed by atoms with Crippen molar-refractivity contribution in [3.8, 4) is 16.9 Å². The van der Waals surface area contributed by atoms with Crippen LogP contribution in [0.25, 0.3) is 11.1 Å². The van der Waals surface area contributed by atoms with Gasteiger partial charge in [-0.25, -0.2) is 4.39 Å². The number of nitrogens with zero attached hydrogens (tertiary/aromatic N) is 2. The first-order chi connectivity index (χ1) is 14.4. The number of aromatic nitrogens is 2. The third-order valence-electron chi connectivity index (χ3n) is 5.21. The molecule has 0 fully saturated rings. The van der Waals surface area contributed by atoms with Crippen LogP contribution in [-0.2, 0) is 16.6 Å². The number of carbonyl (C=O) groups is 2. The minimum atomic E-state index is -0.741. The van der Waals surface area contributed by atoms with Gasteiger partial charge in [0.15, 0.2) is 0 Å². The molecule has 1 atom stereocenters. The van der Waals surface area contributed by atoms with Crippen LogP contribution in [0.5, 0.6) is 5.75 Å². The van der Waals surface area contributed by atoms with Crippen molar-refractivity contribution in [1.29, 1.82) is 0 Å². The number of fused-ring (bicyclic) bond motifs is 1. The number of hydrogen-bond donors (Lipinski definition) is 2. The minimum absolute atomic E-state index is 0.0225. The van der Waals surface area contributed by atoms with E-state index in [2.05, 4.69) is 15.7 Å². The third kappa shape index (κ3) is 3.41. The van der Waals surface area contributed by atoms with E-state index < -0.39 is 11.7 Å². The quantitative estimate of drug-likeness (QED) is 0.691. The second-order valence-electron chi connectivity index (χ2n) is 7.16. The first kappa shape index (κ1) is 19.6. The van der Waals surface area contributed by atoms with Gasteiger partial charge in [0.25, 0.3) is 0 Å². The van der Waals surface area contributed by atoms with Gasteiger partial charge in [0.05, 0.1) is 24.3 Å². The van der Waals surface area contributed by atoms with Crippen LogP contribution in [0.4, 0.5) is 15.9 Å². The molecule has 30 heavy (non-hydrogen) atoms. The van der Waals surface area contributed by atoms with Gasteiger partial charge in [0.2, 0.25) is 11.8 Å². The van der Waals surface area contributed by atoms with E-state index in [0.29, 0.717) is 22.8 Å². The molecular formula is C22H21FN4O3. The Labute approximate surface area is 172 Å². The predicted octanol–water partition coefficient (Wildman–Crippen LogP) is 3.61. The Morgan fingerprint density at radius 1 is 1.30 bits per heavy atom. The summed E-state index contributed by atoms with van der Waals surface area (Å²) in [6.07, 6.45) is -0.0225. The van der Waals surface area contributed by atoms with Gasteiger partial charge >= 0.3 is 0 Å². The van der Waals surface area contributed by atoms with E-state index in [1.54, 1.807) is 18.8 Å². The van der Waals surface area contributed by atoms with Crippen molar-refractivity contribution < 1.29 is 18.7 Å². The highest BCUT2D eigenvalue weighted by Crippen LogP contribution is 2.39. The second-order valence-corrected chi connectivity index (χ2v) is 7.16. The molecule has 2 amide bonds. The largest absolute Gasteiger partial charge is 0.496 e. The number of ether oxygens (including phenoxy) is 1. The van der Waals surface area contributed by atoms with Crippen molar-refractivity contribution in [2.24, 2.45) is 7.05 Å². The Balaban J connectivity index is 1.73. The van der Waals surface area contributed by atoms with E-state index in [1.807, 2.05) is 31.2 Å². The van der Waals surface area contributed by atoms with E-state index >= 15 is 0 Å². The summed E-state index contributed by atoms with van der Waals surface area (Å²) in [5.41, 5.74) is 3.15. The zero-order chi connectivity index (χ0) is 21.4. The second kappa shape index (κ2) is 7.62. The fourth-order valence-electron chi connectivity index (χ4n) is 3.85. The van der Waals surface area contributed by atoms with Crippen molar-refractivity contribution in [3.63, 3.8) is 0 Å². The number of anilines is 2. The highest BCUT2D eigenvalue weighted by molar-refractivity contribution is 6.06. The summed E-state index contributed by atoms with van der Waals surface area (Å²) in [4.78, 5) is 25.3. The number of methoxy groups -OCH3 is 1. The third-order valence-corrected chi connectivity index (χ3v) is 5.21. The molecule has 0 spiro atoms. The average Bonchev–Trinajstić information content (AvgIpc) is 2.99. The number of benzene rings is 2. The molecule has 0 bridgehead atoms. The molecular weight excluding hydrogens is 387 g/mol. The van der Waals surface area contributed by atoms with Crippen LogP contribution >= 0.6 is 0 Å². The predicted molar refractivity (Wildman–Crippen MR) is 111 cm³/mol. The molecule has 2 N–H and O–H groups in total. The van der Waals surface area contributed by atoms with Gasteiger partial charge in [-0.2, -0.15) is 5.10 Å². The number of rotatable bonds is 4. The molecule has 1 aromatic heterocycles. The van der Waals surface area contributed by atoms with Gasteiger partial charge in [-0.3, -0.25) is 14.3 Å². The van der Waals surface area contributed by atoms with Crippen LogP contribution < -0.4 is 15.4 Å². The molecule has 1 aliphatic rings. The molecule has 2 aromatic carbocycles. The Hall–Kier alpha value is -3.68. The first-order valence-corrected chi connectivity index (χ1v) is 9.46. The van der Waals surface area contributed by atoms with Crippen molar-refractivity contribution in [2.45, 2.75) is 19.3 Å². The van der Waals surface area contributed by atoms with Crippen molar-refractivity contribution in [2.75, 3.05) is 17.7 Å². The average molecular weight is 408 g/mol. The number of halogens is 1. The van der Waals surface area contributed by atoms with Crippen LogP contribution in [0.2, 0.25) is 0 Å². The topological polar surface area (TPSA) is 85.2 Å². The fourth-order valence-corrected chi connectivity index (χ4v) is 3.85. The minimum Gasteiger partial charge on any atom is -0.496 e. The Kier molecular flexibility index (Phi) is 4.99. The molecule has 0 radical (unpaired) electrons. The zero-order valence-corrected chi connectivity index (χ0v) is 16.8. The Morgan fingerprint density at radius 3 is 2.83 bits per heavy atom. The standard InChI is InChI=1S/C22H21FN4O3/c1-12-20(15-6-4-5-7-18(15)30-3)21(27(2)26-12)25-22(29)16-11-19(28)24-17-10-13(23)8-9-14(16)17/h4-10,16H,11H2,1-3H3,(H,24,28)(H,25,29). The number of aryl methyl sites for hydroxylation is 2. The maximum atomic E-state index is 13.6. The fraction of sp³-hybridized carbons (Fsp3) is 0.227. The number of hydrogen-bond acceptors (Lipinski definition) is 4. The van der Waals surface area contributed by atoms with Gasteiger partial charge in [-0.05, 0) is 30.7 Å². The summed E-state index contributed by atoms with van der Waals surface area (Å²) >= 11 is 0. The Morgan fingerprint density at radius 2 is 2.07 bits per heavy atom.